The van der Waals surface area contributed by atoms with Crippen LogP contribution in [-0.4, -0.2) is 27.8 Å². The van der Waals surface area contributed by atoms with Crippen molar-refractivity contribution in [3.05, 3.63) is 33.4 Å². The van der Waals surface area contributed by atoms with Gasteiger partial charge in [-0.05, 0) is 51.5 Å². The van der Waals surface area contributed by atoms with E-state index in [4.69, 9.17) is 16.3 Å². The van der Waals surface area contributed by atoms with E-state index in [2.05, 4.69) is 10.4 Å². The van der Waals surface area contributed by atoms with Gasteiger partial charge in [0.1, 0.15) is 11.0 Å². The van der Waals surface area contributed by atoms with Crippen LogP contribution in [0.15, 0.2) is 12.4 Å². The number of carbonyl (C=O) groups excluding carboxylic acids is 2. The quantitative estimate of drug-likeness (QED) is 0.706. The van der Waals surface area contributed by atoms with Crippen molar-refractivity contribution in [2.75, 3.05) is 5.32 Å². The lowest BCUT2D eigenvalue weighted by Crippen LogP contribution is -2.26. The monoisotopic (exact) mass is 409 g/mol. The highest BCUT2D eigenvalue weighted by molar-refractivity contribution is 7.17. The summed E-state index contributed by atoms with van der Waals surface area (Å²) >= 11 is 7.42. The summed E-state index contributed by atoms with van der Waals surface area (Å²) in [5.74, 6) is -0.579. The van der Waals surface area contributed by atoms with Crippen LogP contribution in [0.3, 0.4) is 0 Å². The predicted molar refractivity (Wildman–Crippen MR) is 107 cm³/mol. The third-order valence-corrected chi connectivity index (χ3v) is 5.94. The molecule has 0 aromatic carbocycles. The first-order valence-corrected chi connectivity index (χ1v) is 10.5. The lowest BCUT2D eigenvalue weighted by atomic mass is 9.95. The topological polar surface area (TPSA) is 73.2 Å². The van der Waals surface area contributed by atoms with Crippen molar-refractivity contribution in [3.8, 4) is 0 Å². The average Bonchev–Trinajstić information content (AvgIpc) is 3.18. The first-order valence-electron chi connectivity index (χ1n) is 9.26. The number of nitrogens with one attached hydrogen (secondary N) is 1. The number of hydrogen-bond donors (Lipinski definition) is 1. The highest BCUT2D eigenvalue weighted by atomic mass is 35.5. The molecular weight excluding hydrogens is 386 g/mol. The number of aromatic nitrogens is 2. The molecule has 1 amide bonds. The maximum Gasteiger partial charge on any atom is 0.341 e. The summed E-state index contributed by atoms with van der Waals surface area (Å²) in [5.41, 5.74) is 1.55. The molecule has 3 rings (SSSR count). The predicted octanol–water partition coefficient (Wildman–Crippen LogP) is 4.63. The molecule has 0 bridgehead atoms. The number of halogens is 1. The zero-order valence-corrected chi connectivity index (χ0v) is 17.3. The van der Waals surface area contributed by atoms with E-state index in [0.717, 1.165) is 31.2 Å². The van der Waals surface area contributed by atoms with Crippen LogP contribution >= 0.6 is 22.9 Å². The summed E-state index contributed by atoms with van der Waals surface area (Å²) in [4.78, 5) is 26.8. The van der Waals surface area contributed by atoms with Crippen LogP contribution in [0.1, 0.15) is 66.9 Å². The molecule has 27 heavy (non-hydrogen) atoms. The summed E-state index contributed by atoms with van der Waals surface area (Å²) in [6.07, 6.45) is 7.40. The second kappa shape index (κ2) is 8.44. The van der Waals surface area contributed by atoms with Gasteiger partial charge in [0, 0.05) is 11.1 Å². The Morgan fingerprint density at radius 1 is 1.37 bits per heavy atom. The zero-order valence-electron chi connectivity index (χ0n) is 15.8. The average molecular weight is 410 g/mol. The van der Waals surface area contributed by atoms with Crippen LogP contribution in [0.4, 0.5) is 5.00 Å². The van der Waals surface area contributed by atoms with Gasteiger partial charge in [0.2, 0.25) is 5.91 Å². The van der Waals surface area contributed by atoms with E-state index in [0.29, 0.717) is 22.0 Å². The third-order valence-electron chi connectivity index (χ3n) is 4.53. The SMILES string of the molecule is CCC(C(=O)Nc1sc2c(c1C(=O)OC(C)C)CCCC2)n1cc(Cl)cn1. The van der Waals surface area contributed by atoms with Crippen LogP contribution in [0.25, 0.3) is 0 Å². The van der Waals surface area contributed by atoms with Gasteiger partial charge in [-0.2, -0.15) is 5.10 Å². The van der Waals surface area contributed by atoms with E-state index in [-0.39, 0.29) is 18.0 Å². The smallest absolute Gasteiger partial charge is 0.341 e. The molecule has 0 radical (unpaired) electrons. The molecular formula is C19H24ClN3O3S. The van der Waals surface area contributed by atoms with Crippen LogP contribution in [0.5, 0.6) is 0 Å². The number of nitrogens with zero attached hydrogens (tertiary/aromatic N) is 2. The minimum Gasteiger partial charge on any atom is -0.459 e. The van der Waals surface area contributed by atoms with E-state index < -0.39 is 6.04 Å². The number of esters is 1. The molecule has 0 saturated carbocycles. The molecule has 0 spiro atoms. The first-order chi connectivity index (χ1) is 12.9. The van der Waals surface area contributed by atoms with E-state index >= 15 is 0 Å². The highest BCUT2D eigenvalue weighted by Crippen LogP contribution is 2.39. The number of rotatable bonds is 6. The summed E-state index contributed by atoms with van der Waals surface area (Å²) in [5, 5.41) is 8.16. The number of anilines is 1. The van der Waals surface area contributed by atoms with Gasteiger partial charge in [-0.25, -0.2) is 4.79 Å². The fourth-order valence-electron chi connectivity index (χ4n) is 3.32. The lowest BCUT2D eigenvalue weighted by molar-refractivity contribution is -0.119. The second-order valence-corrected chi connectivity index (χ2v) is 8.46. The molecule has 146 valence electrons. The fourth-order valence-corrected chi connectivity index (χ4v) is 4.74. The van der Waals surface area contributed by atoms with E-state index in [1.807, 2.05) is 20.8 Å². The van der Waals surface area contributed by atoms with E-state index in [1.165, 1.54) is 22.4 Å². The standard InChI is InChI=1S/C19H24ClN3O3S/c1-4-14(23-10-12(20)9-21-23)17(24)22-18-16(19(25)26-11(2)3)13-7-5-6-8-15(13)27-18/h9-11,14H,4-8H2,1-3H3,(H,22,24). The number of aryl methyl sites for hydroxylation is 1. The van der Waals surface area contributed by atoms with Gasteiger partial charge < -0.3 is 10.1 Å². The number of amides is 1. The Bertz CT molecular complexity index is 843. The maximum absolute atomic E-state index is 12.9. The van der Waals surface area contributed by atoms with Crippen molar-refractivity contribution in [2.45, 2.75) is 65.0 Å². The largest absolute Gasteiger partial charge is 0.459 e. The number of thiophene rings is 1. The number of carbonyl (C=O) groups is 2. The van der Waals surface area contributed by atoms with Gasteiger partial charge in [-0.15, -0.1) is 11.3 Å². The molecule has 2 aromatic heterocycles. The Labute approximate surface area is 167 Å². The van der Waals surface area contributed by atoms with Crippen molar-refractivity contribution in [1.82, 2.24) is 9.78 Å². The van der Waals surface area contributed by atoms with Crippen LogP contribution in [-0.2, 0) is 22.4 Å². The fraction of sp³-hybridized carbons (Fsp3) is 0.526. The molecule has 0 aliphatic heterocycles. The summed E-state index contributed by atoms with van der Waals surface area (Å²) < 4.78 is 6.99. The number of fused-ring (bicyclic) bond motifs is 1. The second-order valence-electron chi connectivity index (χ2n) is 6.92. The molecule has 2 aromatic rings. The molecule has 2 heterocycles. The molecule has 1 unspecified atom stereocenters. The van der Waals surface area contributed by atoms with Crippen LogP contribution in [0.2, 0.25) is 5.02 Å². The molecule has 0 fully saturated rings. The highest BCUT2D eigenvalue weighted by Gasteiger charge is 2.29. The van der Waals surface area contributed by atoms with Crippen molar-refractivity contribution >= 4 is 39.8 Å². The Balaban J connectivity index is 1.90. The molecule has 1 atom stereocenters. The normalized spacial score (nSPS) is 14.7. The molecule has 6 nitrogen and oxygen atoms in total. The van der Waals surface area contributed by atoms with Gasteiger partial charge in [-0.3, -0.25) is 9.48 Å². The lowest BCUT2D eigenvalue weighted by Gasteiger charge is -2.16. The van der Waals surface area contributed by atoms with E-state index in [9.17, 15) is 9.59 Å². The van der Waals surface area contributed by atoms with Gasteiger partial charge >= 0.3 is 5.97 Å². The van der Waals surface area contributed by atoms with Crippen molar-refractivity contribution < 1.29 is 14.3 Å². The Kier molecular flexibility index (Phi) is 6.22. The van der Waals surface area contributed by atoms with Gasteiger partial charge in [0.05, 0.1) is 22.9 Å². The van der Waals surface area contributed by atoms with Crippen LogP contribution < -0.4 is 5.32 Å². The third kappa shape index (κ3) is 4.35. The molecule has 1 aliphatic carbocycles. The number of hydrogen-bond acceptors (Lipinski definition) is 5. The van der Waals surface area contributed by atoms with Crippen LogP contribution in [0, 0.1) is 0 Å². The molecule has 1 aliphatic rings. The molecule has 1 N–H and O–H groups in total. The van der Waals surface area contributed by atoms with Crippen molar-refractivity contribution in [1.29, 1.82) is 0 Å². The minimum absolute atomic E-state index is 0.213. The zero-order chi connectivity index (χ0) is 19.6. The molecule has 0 saturated heterocycles. The van der Waals surface area contributed by atoms with Crippen molar-refractivity contribution in [2.24, 2.45) is 0 Å². The Hall–Kier alpha value is -1.86. The van der Waals surface area contributed by atoms with Gasteiger partial charge in [0.15, 0.2) is 0 Å². The summed E-state index contributed by atoms with van der Waals surface area (Å²) in [7, 11) is 0. The first kappa shape index (κ1) is 19.9. The maximum atomic E-state index is 12.9. The Morgan fingerprint density at radius 2 is 2.11 bits per heavy atom. The summed E-state index contributed by atoms with van der Waals surface area (Å²) in [6.45, 7) is 5.56. The van der Waals surface area contributed by atoms with E-state index in [1.54, 1.807) is 10.9 Å². The number of ether oxygens (including phenoxy) is 1. The Morgan fingerprint density at radius 3 is 2.74 bits per heavy atom. The summed E-state index contributed by atoms with van der Waals surface area (Å²) in [6, 6.07) is -0.495. The minimum atomic E-state index is -0.495. The van der Waals surface area contributed by atoms with Gasteiger partial charge in [0.25, 0.3) is 0 Å². The molecule has 8 heteroatoms. The van der Waals surface area contributed by atoms with Gasteiger partial charge in [-0.1, -0.05) is 18.5 Å². The van der Waals surface area contributed by atoms with Crippen molar-refractivity contribution in [3.63, 3.8) is 0 Å².